The van der Waals surface area contributed by atoms with E-state index in [-0.39, 0.29) is 0 Å². The van der Waals surface area contributed by atoms with E-state index in [4.69, 9.17) is 16.0 Å². The molecule has 0 bridgehead atoms. The summed E-state index contributed by atoms with van der Waals surface area (Å²) in [6.45, 7) is 2.21. The lowest BCUT2D eigenvalue weighted by atomic mass is 10.1. The van der Waals surface area contributed by atoms with Crippen LogP contribution < -0.4 is 0 Å². The van der Waals surface area contributed by atoms with Crippen molar-refractivity contribution in [2.45, 2.75) is 39.0 Å². The molecule has 2 nitrogen and oxygen atoms in total. The van der Waals surface area contributed by atoms with Gasteiger partial charge in [0.1, 0.15) is 5.52 Å². The predicted molar refractivity (Wildman–Crippen MR) is 66.9 cm³/mol. The first kappa shape index (κ1) is 11.5. The number of aromatic nitrogens is 1. The van der Waals surface area contributed by atoms with Crippen molar-refractivity contribution in [3.05, 3.63) is 29.1 Å². The van der Waals surface area contributed by atoms with Crippen LogP contribution >= 0.6 is 11.6 Å². The van der Waals surface area contributed by atoms with Crippen LogP contribution in [0.3, 0.4) is 0 Å². The van der Waals surface area contributed by atoms with Gasteiger partial charge in [0.2, 0.25) is 0 Å². The average Bonchev–Trinajstić information content (AvgIpc) is 2.66. The fraction of sp³-hybridized carbons (Fsp3) is 0.462. The first-order chi connectivity index (χ1) is 7.79. The Hall–Kier alpha value is -1.02. The summed E-state index contributed by atoms with van der Waals surface area (Å²) in [7, 11) is 0. The smallest absolute Gasteiger partial charge is 0.195 e. The molecule has 2 aromatic rings. The van der Waals surface area contributed by atoms with Gasteiger partial charge in [-0.2, -0.15) is 0 Å². The predicted octanol–water partition coefficient (Wildman–Crippen LogP) is 4.60. The standard InChI is InChI=1S/C13H16ClNO/c1-2-3-4-5-6-13-15-11-9-10(14)7-8-12(11)16-13/h7-9H,2-6H2,1H3. The van der Waals surface area contributed by atoms with Gasteiger partial charge in [-0.25, -0.2) is 4.98 Å². The van der Waals surface area contributed by atoms with Gasteiger partial charge in [-0.1, -0.05) is 37.8 Å². The van der Waals surface area contributed by atoms with Crippen molar-refractivity contribution >= 4 is 22.7 Å². The van der Waals surface area contributed by atoms with Crippen LogP contribution in [0.15, 0.2) is 22.6 Å². The number of hydrogen-bond donors (Lipinski definition) is 0. The third kappa shape index (κ3) is 2.76. The van der Waals surface area contributed by atoms with E-state index in [0.717, 1.165) is 29.8 Å². The number of nitrogens with zero attached hydrogens (tertiary/aromatic N) is 1. The van der Waals surface area contributed by atoms with E-state index >= 15 is 0 Å². The molecule has 0 fully saturated rings. The van der Waals surface area contributed by atoms with Gasteiger partial charge in [0.15, 0.2) is 11.5 Å². The van der Waals surface area contributed by atoms with Gasteiger partial charge < -0.3 is 4.42 Å². The zero-order valence-electron chi connectivity index (χ0n) is 9.50. The summed E-state index contributed by atoms with van der Waals surface area (Å²) in [5.41, 5.74) is 1.69. The second-order valence-corrected chi connectivity index (χ2v) is 4.47. The molecule has 86 valence electrons. The van der Waals surface area contributed by atoms with E-state index in [2.05, 4.69) is 11.9 Å². The number of aryl methyl sites for hydroxylation is 1. The Kier molecular flexibility index (Phi) is 3.83. The maximum absolute atomic E-state index is 5.89. The molecule has 0 aliphatic heterocycles. The van der Waals surface area contributed by atoms with Crippen molar-refractivity contribution in [3.63, 3.8) is 0 Å². The van der Waals surface area contributed by atoms with Crippen LogP contribution in [0, 0.1) is 0 Å². The molecule has 0 saturated carbocycles. The van der Waals surface area contributed by atoms with Crippen LogP contribution in [-0.2, 0) is 6.42 Å². The normalized spacial score (nSPS) is 11.1. The molecule has 2 rings (SSSR count). The van der Waals surface area contributed by atoms with Crippen molar-refractivity contribution in [1.82, 2.24) is 4.98 Å². The lowest BCUT2D eigenvalue weighted by Gasteiger charge is -1.94. The van der Waals surface area contributed by atoms with Crippen LogP contribution in [0.25, 0.3) is 11.1 Å². The molecule has 0 radical (unpaired) electrons. The third-order valence-corrected chi connectivity index (χ3v) is 2.87. The van der Waals surface area contributed by atoms with E-state index in [1.54, 1.807) is 0 Å². The van der Waals surface area contributed by atoms with Crippen molar-refractivity contribution in [3.8, 4) is 0 Å². The minimum atomic E-state index is 0.707. The fourth-order valence-electron chi connectivity index (χ4n) is 1.76. The summed E-state index contributed by atoms with van der Waals surface area (Å²) in [6, 6.07) is 5.55. The summed E-state index contributed by atoms with van der Waals surface area (Å²) < 4.78 is 5.63. The van der Waals surface area contributed by atoms with Gasteiger partial charge in [0.25, 0.3) is 0 Å². The Balaban J connectivity index is 2.02. The first-order valence-corrected chi connectivity index (χ1v) is 6.22. The van der Waals surface area contributed by atoms with Crippen LogP contribution in [0.2, 0.25) is 5.02 Å². The van der Waals surface area contributed by atoms with Gasteiger partial charge in [-0.05, 0) is 24.6 Å². The molecule has 0 aliphatic rings. The summed E-state index contributed by atoms with van der Waals surface area (Å²) in [5.74, 6) is 0.827. The van der Waals surface area contributed by atoms with E-state index < -0.39 is 0 Å². The number of benzene rings is 1. The maximum atomic E-state index is 5.89. The van der Waals surface area contributed by atoms with Crippen molar-refractivity contribution in [1.29, 1.82) is 0 Å². The molecule has 0 spiro atoms. The highest BCUT2D eigenvalue weighted by Crippen LogP contribution is 2.20. The molecule has 1 aromatic carbocycles. The SMILES string of the molecule is CCCCCCc1nc2cc(Cl)ccc2o1. The van der Waals surface area contributed by atoms with Gasteiger partial charge in [-0.3, -0.25) is 0 Å². The van der Waals surface area contributed by atoms with Crippen molar-refractivity contribution in [2.24, 2.45) is 0 Å². The molecule has 0 unspecified atom stereocenters. The summed E-state index contributed by atoms with van der Waals surface area (Å²) >= 11 is 5.89. The second-order valence-electron chi connectivity index (χ2n) is 4.03. The van der Waals surface area contributed by atoms with E-state index in [0.29, 0.717) is 5.02 Å². The average molecular weight is 238 g/mol. The Morgan fingerprint density at radius 1 is 1.25 bits per heavy atom. The summed E-state index contributed by atoms with van der Waals surface area (Å²) in [5, 5.41) is 0.707. The van der Waals surface area contributed by atoms with Crippen molar-refractivity contribution < 1.29 is 4.42 Å². The first-order valence-electron chi connectivity index (χ1n) is 5.84. The van der Waals surface area contributed by atoms with Crippen LogP contribution in [-0.4, -0.2) is 4.98 Å². The number of halogens is 1. The Morgan fingerprint density at radius 3 is 2.94 bits per heavy atom. The summed E-state index contributed by atoms with van der Waals surface area (Å²) in [6.07, 6.45) is 5.85. The van der Waals surface area contributed by atoms with E-state index in [9.17, 15) is 0 Å². The monoisotopic (exact) mass is 237 g/mol. The minimum Gasteiger partial charge on any atom is -0.441 e. The second kappa shape index (κ2) is 5.35. The zero-order valence-corrected chi connectivity index (χ0v) is 10.3. The molecule has 0 N–H and O–H groups in total. The molecule has 0 atom stereocenters. The Bertz CT molecular complexity index is 464. The molecule has 1 aromatic heterocycles. The lowest BCUT2D eigenvalue weighted by molar-refractivity contribution is 0.509. The van der Waals surface area contributed by atoms with Gasteiger partial charge >= 0.3 is 0 Å². The van der Waals surface area contributed by atoms with Crippen molar-refractivity contribution in [2.75, 3.05) is 0 Å². The topological polar surface area (TPSA) is 26.0 Å². The fourth-order valence-corrected chi connectivity index (χ4v) is 1.92. The van der Waals surface area contributed by atoms with Gasteiger partial charge in [-0.15, -0.1) is 0 Å². The lowest BCUT2D eigenvalue weighted by Crippen LogP contribution is -1.85. The molecule has 0 aliphatic carbocycles. The number of rotatable bonds is 5. The van der Waals surface area contributed by atoms with Gasteiger partial charge in [0, 0.05) is 11.4 Å². The molecular formula is C13H16ClNO. The summed E-state index contributed by atoms with van der Waals surface area (Å²) in [4.78, 5) is 4.42. The minimum absolute atomic E-state index is 0.707. The number of fused-ring (bicyclic) bond motifs is 1. The Morgan fingerprint density at radius 2 is 2.12 bits per heavy atom. The number of oxazole rings is 1. The highest BCUT2D eigenvalue weighted by Gasteiger charge is 2.05. The van der Waals surface area contributed by atoms with Gasteiger partial charge in [0.05, 0.1) is 0 Å². The van der Waals surface area contributed by atoms with E-state index in [1.165, 1.54) is 19.3 Å². The van der Waals surface area contributed by atoms with Crippen LogP contribution in [0.5, 0.6) is 0 Å². The molecule has 0 amide bonds. The van der Waals surface area contributed by atoms with E-state index in [1.807, 2.05) is 18.2 Å². The molecular weight excluding hydrogens is 222 g/mol. The Labute approximate surface area is 101 Å². The van der Waals surface area contributed by atoms with Crippen LogP contribution in [0.1, 0.15) is 38.5 Å². The maximum Gasteiger partial charge on any atom is 0.195 e. The quantitative estimate of drug-likeness (QED) is 0.710. The largest absolute Gasteiger partial charge is 0.441 e. The highest BCUT2D eigenvalue weighted by molar-refractivity contribution is 6.31. The number of hydrogen-bond acceptors (Lipinski definition) is 2. The third-order valence-electron chi connectivity index (χ3n) is 2.64. The molecule has 0 saturated heterocycles. The zero-order chi connectivity index (χ0) is 11.4. The molecule has 16 heavy (non-hydrogen) atoms. The molecule has 1 heterocycles. The van der Waals surface area contributed by atoms with Crippen LogP contribution in [0.4, 0.5) is 0 Å². The molecule has 3 heteroatoms. The number of unbranched alkanes of at least 4 members (excludes halogenated alkanes) is 3. The highest BCUT2D eigenvalue weighted by atomic mass is 35.5.